The van der Waals surface area contributed by atoms with Crippen LogP contribution in [0.4, 0.5) is 0 Å². The highest BCUT2D eigenvalue weighted by Gasteiger charge is 2.09. The van der Waals surface area contributed by atoms with Crippen LogP contribution >= 0.6 is 11.6 Å². The van der Waals surface area contributed by atoms with E-state index in [1.807, 2.05) is 54.8 Å². The lowest BCUT2D eigenvalue weighted by molar-refractivity contribution is 0.195. The molecule has 0 bridgehead atoms. The number of hydrogen-bond donors (Lipinski definition) is 1. The Morgan fingerprint density at radius 2 is 2.00 bits per heavy atom. The van der Waals surface area contributed by atoms with Crippen molar-refractivity contribution in [2.45, 2.75) is 19.9 Å². The smallest absolute Gasteiger partial charge is 0.194 e. The fourth-order valence-corrected chi connectivity index (χ4v) is 2.53. The number of benzene rings is 1. The lowest BCUT2D eigenvalue weighted by Crippen LogP contribution is -2.41. The molecule has 1 heterocycles. The molecule has 0 amide bonds. The molecular weight excluding hydrogens is 380 g/mol. The third kappa shape index (κ3) is 7.01. The quantitative estimate of drug-likeness (QED) is 0.369. The lowest BCUT2D eigenvalue weighted by atomic mass is 10.3. The van der Waals surface area contributed by atoms with Gasteiger partial charge in [-0.25, -0.2) is 4.99 Å². The molecule has 0 saturated heterocycles. The van der Waals surface area contributed by atoms with Crippen molar-refractivity contribution in [1.29, 1.82) is 0 Å². The molecule has 0 saturated carbocycles. The van der Waals surface area contributed by atoms with E-state index in [0.717, 1.165) is 36.3 Å². The Morgan fingerprint density at radius 1 is 1.25 bits per heavy atom. The number of nitrogens with zero attached hydrogens (tertiary/aromatic N) is 5. The van der Waals surface area contributed by atoms with E-state index in [9.17, 15) is 0 Å². The van der Waals surface area contributed by atoms with E-state index in [1.165, 1.54) is 0 Å². The number of aliphatic imine (C=N–C) groups is 1. The van der Waals surface area contributed by atoms with E-state index in [4.69, 9.17) is 26.1 Å². The number of rotatable bonds is 10. The molecule has 0 aliphatic heterocycles. The fraction of sp³-hybridized carbons (Fsp3) is 0.526. The maximum absolute atomic E-state index is 5.90. The Balaban J connectivity index is 1.92. The van der Waals surface area contributed by atoms with Crippen LogP contribution in [0.25, 0.3) is 0 Å². The zero-order valence-electron chi connectivity index (χ0n) is 17.0. The highest BCUT2D eigenvalue weighted by atomic mass is 35.5. The van der Waals surface area contributed by atoms with Crippen LogP contribution in [0.1, 0.15) is 18.1 Å². The Labute approximate surface area is 171 Å². The summed E-state index contributed by atoms with van der Waals surface area (Å²) in [4.78, 5) is 6.73. The largest absolute Gasteiger partial charge is 0.492 e. The molecule has 9 heteroatoms. The van der Waals surface area contributed by atoms with Crippen LogP contribution in [0.15, 0.2) is 29.3 Å². The second kappa shape index (κ2) is 11.5. The van der Waals surface area contributed by atoms with Crippen molar-refractivity contribution < 1.29 is 9.47 Å². The molecule has 0 aliphatic carbocycles. The summed E-state index contributed by atoms with van der Waals surface area (Å²) >= 11 is 5.90. The first kappa shape index (κ1) is 22.0. The van der Waals surface area contributed by atoms with Crippen LogP contribution < -0.4 is 10.1 Å². The van der Waals surface area contributed by atoms with E-state index in [2.05, 4.69) is 15.5 Å². The average Bonchev–Trinajstić information content (AvgIpc) is 3.01. The molecule has 0 atom stereocenters. The van der Waals surface area contributed by atoms with Gasteiger partial charge in [0.1, 0.15) is 24.7 Å². The van der Waals surface area contributed by atoms with E-state index in [-0.39, 0.29) is 0 Å². The van der Waals surface area contributed by atoms with Gasteiger partial charge in [-0.3, -0.25) is 0 Å². The second-order valence-electron chi connectivity index (χ2n) is 6.36. The summed E-state index contributed by atoms with van der Waals surface area (Å²) in [6.07, 6.45) is 0.897. The highest BCUT2D eigenvalue weighted by molar-refractivity contribution is 6.30. The molecule has 0 fully saturated rings. The molecule has 0 unspecified atom stereocenters. The summed E-state index contributed by atoms with van der Waals surface area (Å²) in [6.45, 7) is 5.05. The Bertz CT molecular complexity index is 747. The third-order valence-corrected chi connectivity index (χ3v) is 4.48. The van der Waals surface area contributed by atoms with Crippen LogP contribution in [0, 0.1) is 6.92 Å². The molecule has 1 aromatic heterocycles. The monoisotopic (exact) mass is 408 g/mol. The summed E-state index contributed by atoms with van der Waals surface area (Å²) in [5.41, 5.74) is 0. The average molecular weight is 409 g/mol. The number of aryl methyl sites for hydroxylation is 1. The van der Waals surface area contributed by atoms with E-state index in [1.54, 1.807) is 7.11 Å². The predicted molar refractivity (Wildman–Crippen MR) is 111 cm³/mol. The molecule has 28 heavy (non-hydrogen) atoms. The first-order chi connectivity index (χ1) is 13.5. The minimum Gasteiger partial charge on any atom is -0.492 e. The van der Waals surface area contributed by atoms with E-state index >= 15 is 0 Å². The van der Waals surface area contributed by atoms with Crippen molar-refractivity contribution in [3.63, 3.8) is 0 Å². The van der Waals surface area contributed by atoms with Gasteiger partial charge in [0.05, 0.1) is 6.54 Å². The van der Waals surface area contributed by atoms with Gasteiger partial charge in [-0.2, -0.15) is 0 Å². The number of hydrogen-bond acceptors (Lipinski definition) is 5. The van der Waals surface area contributed by atoms with E-state index in [0.29, 0.717) is 31.3 Å². The van der Waals surface area contributed by atoms with Gasteiger partial charge in [-0.1, -0.05) is 11.6 Å². The minimum absolute atomic E-state index is 0.451. The van der Waals surface area contributed by atoms with Gasteiger partial charge in [-0.05, 0) is 37.6 Å². The number of methoxy groups -OCH3 is 1. The molecular formula is C19H29ClN6O2. The molecule has 2 rings (SSSR count). The van der Waals surface area contributed by atoms with Crippen molar-refractivity contribution in [2.75, 3.05) is 40.5 Å². The highest BCUT2D eigenvalue weighted by Crippen LogP contribution is 2.15. The van der Waals surface area contributed by atoms with Gasteiger partial charge in [0.2, 0.25) is 0 Å². The number of halogens is 1. The molecule has 0 radical (unpaired) electrons. The van der Waals surface area contributed by atoms with Gasteiger partial charge >= 0.3 is 0 Å². The van der Waals surface area contributed by atoms with Crippen molar-refractivity contribution in [2.24, 2.45) is 12.0 Å². The standard InChI is InChI=1S/C19H29ClN6O2/c1-15-23-24-18(26(15)3)14-22-19(21-10-5-12-27-4)25(2)11-13-28-17-8-6-16(20)7-9-17/h6-9H,5,10-14H2,1-4H3,(H,21,22). The summed E-state index contributed by atoms with van der Waals surface area (Å²) < 4.78 is 12.8. The molecule has 1 aromatic carbocycles. The zero-order chi connectivity index (χ0) is 20.4. The minimum atomic E-state index is 0.451. The SMILES string of the molecule is COCCCNC(=NCc1nnc(C)n1C)N(C)CCOc1ccc(Cl)cc1. The molecule has 0 aliphatic rings. The number of likely N-dealkylation sites (N-methyl/N-ethyl adjacent to an activating group) is 1. The first-order valence-corrected chi connectivity index (χ1v) is 9.60. The molecule has 2 aromatic rings. The normalized spacial score (nSPS) is 11.5. The van der Waals surface area contributed by atoms with Gasteiger partial charge < -0.3 is 24.3 Å². The maximum atomic E-state index is 5.90. The fourth-order valence-electron chi connectivity index (χ4n) is 2.40. The third-order valence-electron chi connectivity index (χ3n) is 4.23. The topological polar surface area (TPSA) is 76.8 Å². The Kier molecular flexibility index (Phi) is 9.03. The van der Waals surface area contributed by atoms with Crippen LogP contribution in [-0.4, -0.2) is 66.1 Å². The van der Waals surface area contributed by atoms with Crippen LogP contribution in [0.5, 0.6) is 5.75 Å². The molecule has 1 N–H and O–H groups in total. The van der Waals surface area contributed by atoms with Crippen molar-refractivity contribution in [3.8, 4) is 5.75 Å². The summed E-state index contributed by atoms with van der Waals surface area (Å²) in [7, 11) is 5.62. The maximum Gasteiger partial charge on any atom is 0.194 e. The second-order valence-corrected chi connectivity index (χ2v) is 6.80. The van der Waals surface area contributed by atoms with Crippen LogP contribution in [0.3, 0.4) is 0 Å². The van der Waals surface area contributed by atoms with Gasteiger partial charge in [0.25, 0.3) is 0 Å². The number of ether oxygens (including phenoxy) is 2. The Hall–Kier alpha value is -2.32. The first-order valence-electron chi connectivity index (χ1n) is 9.23. The molecule has 8 nitrogen and oxygen atoms in total. The van der Waals surface area contributed by atoms with Crippen molar-refractivity contribution in [1.82, 2.24) is 25.0 Å². The Morgan fingerprint density at radius 3 is 2.64 bits per heavy atom. The van der Waals surface area contributed by atoms with Gasteiger partial charge in [0.15, 0.2) is 11.8 Å². The molecule has 154 valence electrons. The zero-order valence-corrected chi connectivity index (χ0v) is 17.7. The van der Waals surface area contributed by atoms with Crippen molar-refractivity contribution in [3.05, 3.63) is 40.9 Å². The van der Waals surface area contributed by atoms with Gasteiger partial charge in [-0.15, -0.1) is 10.2 Å². The van der Waals surface area contributed by atoms with Gasteiger partial charge in [0, 0.05) is 39.4 Å². The molecule has 0 spiro atoms. The lowest BCUT2D eigenvalue weighted by Gasteiger charge is -2.22. The summed E-state index contributed by atoms with van der Waals surface area (Å²) in [6, 6.07) is 7.34. The summed E-state index contributed by atoms with van der Waals surface area (Å²) in [5, 5.41) is 12.3. The number of aromatic nitrogens is 3. The van der Waals surface area contributed by atoms with Crippen LogP contribution in [0.2, 0.25) is 5.02 Å². The van der Waals surface area contributed by atoms with E-state index < -0.39 is 0 Å². The number of guanidine groups is 1. The summed E-state index contributed by atoms with van der Waals surface area (Å²) in [5.74, 6) is 3.26. The van der Waals surface area contributed by atoms with Crippen molar-refractivity contribution >= 4 is 17.6 Å². The number of nitrogens with one attached hydrogen (secondary N) is 1. The van der Waals surface area contributed by atoms with Crippen LogP contribution in [-0.2, 0) is 18.3 Å². The predicted octanol–water partition coefficient (Wildman–Crippen LogP) is 2.27.